The molecule has 0 bridgehead atoms. The van der Waals surface area contributed by atoms with Crippen LogP contribution in [0.3, 0.4) is 0 Å². The van der Waals surface area contributed by atoms with Gasteiger partial charge in [-0.2, -0.15) is 0 Å². The SMILES string of the molecule is C[C@@H](O)c1ccnc(Sc2ccc3c(c2)OCCO3)c1. The summed E-state index contributed by atoms with van der Waals surface area (Å²) in [5.74, 6) is 1.55. The molecule has 1 aromatic heterocycles. The van der Waals surface area contributed by atoms with Gasteiger partial charge in [0.15, 0.2) is 11.5 Å². The van der Waals surface area contributed by atoms with E-state index in [-0.39, 0.29) is 0 Å². The average molecular weight is 289 g/mol. The number of benzene rings is 1. The van der Waals surface area contributed by atoms with Crippen LogP contribution in [0.2, 0.25) is 0 Å². The first-order valence-corrected chi connectivity index (χ1v) is 7.25. The third kappa shape index (κ3) is 2.89. The van der Waals surface area contributed by atoms with Crippen LogP contribution in [-0.4, -0.2) is 23.3 Å². The Morgan fingerprint density at radius 2 is 1.95 bits per heavy atom. The van der Waals surface area contributed by atoms with Crippen LogP contribution in [0.1, 0.15) is 18.6 Å². The number of aliphatic hydroxyl groups is 1. The Morgan fingerprint density at radius 1 is 1.15 bits per heavy atom. The Morgan fingerprint density at radius 3 is 2.75 bits per heavy atom. The second-order valence-electron chi connectivity index (χ2n) is 4.51. The summed E-state index contributed by atoms with van der Waals surface area (Å²) in [4.78, 5) is 5.34. The van der Waals surface area contributed by atoms with E-state index in [4.69, 9.17) is 9.47 Å². The molecule has 0 amide bonds. The van der Waals surface area contributed by atoms with E-state index in [1.807, 2.05) is 30.3 Å². The van der Waals surface area contributed by atoms with Gasteiger partial charge in [0.25, 0.3) is 0 Å². The molecule has 0 saturated heterocycles. The van der Waals surface area contributed by atoms with Crippen molar-refractivity contribution in [2.45, 2.75) is 22.9 Å². The molecule has 1 aliphatic heterocycles. The minimum Gasteiger partial charge on any atom is -0.486 e. The third-order valence-corrected chi connectivity index (χ3v) is 3.90. The fourth-order valence-corrected chi connectivity index (χ4v) is 2.80. The Kier molecular flexibility index (Phi) is 3.80. The molecule has 0 saturated carbocycles. The van der Waals surface area contributed by atoms with E-state index in [1.165, 1.54) is 11.8 Å². The summed E-state index contributed by atoms with van der Waals surface area (Å²) in [6, 6.07) is 9.56. The molecule has 4 nitrogen and oxygen atoms in total. The highest BCUT2D eigenvalue weighted by molar-refractivity contribution is 7.99. The number of hydrogen-bond acceptors (Lipinski definition) is 5. The normalized spacial score (nSPS) is 14.9. The van der Waals surface area contributed by atoms with Crippen molar-refractivity contribution in [3.05, 3.63) is 42.1 Å². The van der Waals surface area contributed by atoms with Gasteiger partial charge in [-0.25, -0.2) is 4.98 Å². The van der Waals surface area contributed by atoms with Gasteiger partial charge in [0.2, 0.25) is 0 Å². The zero-order valence-electron chi connectivity index (χ0n) is 11.1. The maximum Gasteiger partial charge on any atom is 0.162 e. The molecule has 0 spiro atoms. The zero-order valence-corrected chi connectivity index (χ0v) is 11.9. The molecule has 2 aromatic rings. The van der Waals surface area contributed by atoms with E-state index in [2.05, 4.69) is 4.98 Å². The van der Waals surface area contributed by atoms with Crippen molar-refractivity contribution in [3.8, 4) is 11.5 Å². The minimum absolute atomic E-state index is 0.488. The monoisotopic (exact) mass is 289 g/mol. The number of aromatic nitrogens is 1. The summed E-state index contributed by atoms with van der Waals surface area (Å²) < 4.78 is 11.1. The molecule has 104 valence electrons. The number of ether oxygens (including phenoxy) is 2. The molecular weight excluding hydrogens is 274 g/mol. The quantitative estimate of drug-likeness (QED) is 0.941. The van der Waals surface area contributed by atoms with Crippen molar-refractivity contribution in [2.75, 3.05) is 13.2 Å². The van der Waals surface area contributed by atoms with Gasteiger partial charge in [-0.15, -0.1) is 0 Å². The first-order valence-electron chi connectivity index (χ1n) is 6.44. The number of aliphatic hydroxyl groups excluding tert-OH is 1. The van der Waals surface area contributed by atoms with Crippen LogP contribution < -0.4 is 9.47 Å². The van der Waals surface area contributed by atoms with Crippen LogP contribution >= 0.6 is 11.8 Å². The summed E-state index contributed by atoms with van der Waals surface area (Å²) in [6.45, 7) is 2.92. The van der Waals surface area contributed by atoms with E-state index in [1.54, 1.807) is 13.1 Å². The molecule has 1 aliphatic rings. The average Bonchev–Trinajstić information content (AvgIpc) is 2.47. The number of pyridine rings is 1. The second kappa shape index (κ2) is 5.73. The first kappa shape index (κ1) is 13.3. The Hall–Kier alpha value is -1.72. The van der Waals surface area contributed by atoms with Crippen LogP contribution in [-0.2, 0) is 0 Å². The van der Waals surface area contributed by atoms with Crippen molar-refractivity contribution in [1.29, 1.82) is 0 Å². The molecule has 20 heavy (non-hydrogen) atoms. The maximum absolute atomic E-state index is 9.60. The van der Waals surface area contributed by atoms with Gasteiger partial charge >= 0.3 is 0 Å². The Balaban J connectivity index is 1.82. The molecule has 1 N–H and O–H groups in total. The fourth-order valence-electron chi connectivity index (χ4n) is 1.95. The van der Waals surface area contributed by atoms with Gasteiger partial charge in [0.1, 0.15) is 18.2 Å². The smallest absolute Gasteiger partial charge is 0.162 e. The van der Waals surface area contributed by atoms with Gasteiger partial charge in [-0.3, -0.25) is 0 Å². The number of nitrogens with zero attached hydrogens (tertiary/aromatic N) is 1. The van der Waals surface area contributed by atoms with Gasteiger partial charge in [-0.05, 0) is 42.8 Å². The third-order valence-electron chi connectivity index (χ3n) is 2.98. The molecule has 0 radical (unpaired) electrons. The minimum atomic E-state index is -0.488. The van der Waals surface area contributed by atoms with E-state index in [0.717, 1.165) is 27.0 Å². The van der Waals surface area contributed by atoms with Crippen LogP contribution in [0, 0.1) is 0 Å². The van der Waals surface area contributed by atoms with E-state index >= 15 is 0 Å². The highest BCUT2D eigenvalue weighted by Gasteiger charge is 2.12. The van der Waals surface area contributed by atoms with E-state index in [0.29, 0.717) is 13.2 Å². The van der Waals surface area contributed by atoms with E-state index in [9.17, 15) is 5.11 Å². The molecule has 3 rings (SSSR count). The second-order valence-corrected chi connectivity index (χ2v) is 5.60. The van der Waals surface area contributed by atoms with Gasteiger partial charge in [0, 0.05) is 11.1 Å². The predicted octanol–water partition coefficient (Wildman–Crippen LogP) is 3.06. The maximum atomic E-state index is 9.60. The summed E-state index contributed by atoms with van der Waals surface area (Å²) in [7, 11) is 0. The fraction of sp³-hybridized carbons (Fsp3) is 0.267. The summed E-state index contributed by atoms with van der Waals surface area (Å²) in [5, 5.41) is 10.4. The van der Waals surface area contributed by atoms with Crippen molar-refractivity contribution >= 4 is 11.8 Å². The lowest BCUT2D eigenvalue weighted by atomic mass is 10.2. The molecule has 1 aromatic carbocycles. The first-order chi connectivity index (χ1) is 9.72. The largest absolute Gasteiger partial charge is 0.486 e. The summed E-state index contributed by atoms with van der Waals surface area (Å²) in [5.41, 5.74) is 0.861. The predicted molar refractivity (Wildman–Crippen MR) is 76.4 cm³/mol. The van der Waals surface area contributed by atoms with Gasteiger partial charge in [0.05, 0.1) is 6.10 Å². The van der Waals surface area contributed by atoms with Crippen molar-refractivity contribution in [2.24, 2.45) is 0 Å². The lowest BCUT2D eigenvalue weighted by Crippen LogP contribution is -2.15. The highest BCUT2D eigenvalue weighted by Crippen LogP contribution is 2.36. The lowest BCUT2D eigenvalue weighted by Gasteiger charge is -2.18. The molecule has 5 heteroatoms. The molecule has 0 aliphatic carbocycles. The number of hydrogen-bond donors (Lipinski definition) is 1. The standard InChI is InChI=1S/C15H15NO3S/c1-10(17)11-4-5-16-15(8-11)20-12-2-3-13-14(9-12)19-7-6-18-13/h2-5,8-10,17H,6-7H2,1H3/t10-/m1/s1. The molecule has 1 atom stereocenters. The van der Waals surface area contributed by atoms with Crippen LogP contribution in [0.25, 0.3) is 0 Å². The van der Waals surface area contributed by atoms with Crippen molar-refractivity contribution in [1.82, 2.24) is 4.98 Å². The van der Waals surface area contributed by atoms with Gasteiger partial charge < -0.3 is 14.6 Å². The Labute approximate surface area is 121 Å². The van der Waals surface area contributed by atoms with Crippen LogP contribution in [0.5, 0.6) is 11.5 Å². The molecule has 2 heterocycles. The highest BCUT2D eigenvalue weighted by atomic mass is 32.2. The summed E-state index contributed by atoms with van der Waals surface area (Å²) in [6.07, 6.45) is 1.22. The number of rotatable bonds is 3. The summed E-state index contributed by atoms with van der Waals surface area (Å²) >= 11 is 1.53. The Bertz CT molecular complexity index is 616. The van der Waals surface area contributed by atoms with Crippen molar-refractivity contribution in [3.63, 3.8) is 0 Å². The van der Waals surface area contributed by atoms with Crippen LogP contribution in [0.15, 0.2) is 46.5 Å². The zero-order chi connectivity index (χ0) is 13.9. The molecule has 0 unspecified atom stereocenters. The molecule has 0 fully saturated rings. The van der Waals surface area contributed by atoms with Crippen molar-refractivity contribution < 1.29 is 14.6 Å². The topological polar surface area (TPSA) is 51.6 Å². The lowest BCUT2D eigenvalue weighted by molar-refractivity contribution is 0.171. The van der Waals surface area contributed by atoms with E-state index < -0.39 is 6.10 Å². The number of fused-ring (bicyclic) bond motifs is 1. The van der Waals surface area contributed by atoms with Crippen LogP contribution in [0.4, 0.5) is 0 Å². The molecular formula is C15H15NO3S. The van der Waals surface area contributed by atoms with Gasteiger partial charge in [-0.1, -0.05) is 11.8 Å².